The zero-order valence-corrected chi connectivity index (χ0v) is 16.0. The number of hydrogen-bond donors (Lipinski definition) is 2. The molecule has 1 saturated heterocycles. The van der Waals surface area contributed by atoms with Gasteiger partial charge in [0.15, 0.2) is 5.13 Å². The molecule has 7 nitrogen and oxygen atoms in total. The lowest BCUT2D eigenvalue weighted by Crippen LogP contribution is -2.38. The maximum absolute atomic E-state index is 12.7. The van der Waals surface area contributed by atoms with Gasteiger partial charge in [0.25, 0.3) is 0 Å². The summed E-state index contributed by atoms with van der Waals surface area (Å²) in [6.07, 6.45) is 0.823. The molecule has 8 heteroatoms. The minimum atomic E-state index is -1.06. The minimum Gasteiger partial charge on any atom is -0.478 e. The van der Waals surface area contributed by atoms with Crippen molar-refractivity contribution in [2.24, 2.45) is 0 Å². The van der Waals surface area contributed by atoms with Gasteiger partial charge in [-0.2, -0.15) is 0 Å². The van der Waals surface area contributed by atoms with E-state index in [0.29, 0.717) is 25.3 Å². The summed E-state index contributed by atoms with van der Waals surface area (Å²) >= 11 is 1.66. The lowest BCUT2D eigenvalue weighted by Gasteiger charge is -2.22. The number of carboxylic acid groups (broad SMARTS) is 1. The average Bonchev–Trinajstić information content (AvgIpc) is 2.97. The summed E-state index contributed by atoms with van der Waals surface area (Å²) in [6.45, 7) is 2.68. The van der Waals surface area contributed by atoms with Crippen molar-refractivity contribution in [3.05, 3.63) is 54.1 Å². The normalized spacial score (nSPS) is 14.7. The van der Waals surface area contributed by atoms with Crippen LogP contribution in [0.2, 0.25) is 0 Å². The lowest BCUT2D eigenvalue weighted by atomic mass is 10.2. The van der Waals surface area contributed by atoms with Crippen LogP contribution in [0.3, 0.4) is 0 Å². The number of thiazole rings is 1. The Hall–Kier alpha value is -3.13. The molecule has 0 aliphatic carbocycles. The van der Waals surface area contributed by atoms with Crippen molar-refractivity contribution in [1.82, 2.24) is 9.88 Å². The van der Waals surface area contributed by atoms with Gasteiger partial charge in [-0.1, -0.05) is 35.6 Å². The zero-order valence-electron chi connectivity index (χ0n) is 15.2. The van der Waals surface area contributed by atoms with Crippen LogP contribution in [-0.4, -0.2) is 53.2 Å². The third-order valence-corrected chi connectivity index (χ3v) is 5.83. The second kappa shape index (κ2) is 7.85. The number of anilines is 2. The number of amides is 2. The molecule has 28 heavy (non-hydrogen) atoms. The Balaban J connectivity index is 1.44. The molecule has 0 spiro atoms. The minimum absolute atomic E-state index is 0.0850. The van der Waals surface area contributed by atoms with Crippen LogP contribution in [0.5, 0.6) is 0 Å². The van der Waals surface area contributed by atoms with E-state index < -0.39 is 5.97 Å². The van der Waals surface area contributed by atoms with Crippen molar-refractivity contribution >= 4 is 44.4 Å². The quantitative estimate of drug-likeness (QED) is 0.704. The Morgan fingerprint density at radius 3 is 2.61 bits per heavy atom. The number of carboxylic acids is 1. The molecule has 1 aromatic heterocycles. The molecule has 0 bridgehead atoms. The van der Waals surface area contributed by atoms with E-state index in [1.807, 2.05) is 18.2 Å². The molecule has 1 aliphatic rings. The fraction of sp³-hybridized carbons (Fsp3) is 0.250. The van der Waals surface area contributed by atoms with E-state index in [-0.39, 0.29) is 11.6 Å². The first kappa shape index (κ1) is 18.2. The van der Waals surface area contributed by atoms with E-state index in [0.717, 1.165) is 28.3 Å². The first-order valence-corrected chi connectivity index (χ1v) is 9.92. The van der Waals surface area contributed by atoms with Crippen LogP contribution in [0, 0.1) is 0 Å². The molecule has 0 unspecified atom stereocenters. The number of aromatic nitrogens is 1. The van der Waals surface area contributed by atoms with Gasteiger partial charge in [-0.25, -0.2) is 14.6 Å². The molecule has 144 valence electrons. The molecule has 2 N–H and O–H groups in total. The molecule has 3 aromatic rings. The Labute approximate surface area is 166 Å². The van der Waals surface area contributed by atoms with Crippen molar-refractivity contribution in [2.45, 2.75) is 6.42 Å². The zero-order chi connectivity index (χ0) is 19.5. The predicted molar refractivity (Wildman–Crippen MR) is 110 cm³/mol. The van der Waals surface area contributed by atoms with Crippen LogP contribution in [0.15, 0.2) is 48.5 Å². The van der Waals surface area contributed by atoms with Gasteiger partial charge in [0.1, 0.15) is 0 Å². The van der Waals surface area contributed by atoms with E-state index in [1.54, 1.807) is 34.4 Å². The first-order chi connectivity index (χ1) is 13.6. The number of nitrogens with one attached hydrogen (secondary N) is 1. The molecule has 2 aromatic carbocycles. The van der Waals surface area contributed by atoms with E-state index >= 15 is 0 Å². The smallest absolute Gasteiger partial charge is 0.337 e. The van der Waals surface area contributed by atoms with E-state index in [2.05, 4.69) is 16.3 Å². The Morgan fingerprint density at radius 1 is 1.00 bits per heavy atom. The highest BCUT2D eigenvalue weighted by Gasteiger charge is 2.22. The van der Waals surface area contributed by atoms with E-state index in [4.69, 9.17) is 4.98 Å². The summed E-state index contributed by atoms with van der Waals surface area (Å²) in [7, 11) is 0. The SMILES string of the molecule is O=C(O)c1ccccc1NC(=O)N1CCCN(c2nc3ccccc3s2)CC1. The van der Waals surface area contributed by atoms with Crippen LogP contribution in [0.25, 0.3) is 10.2 Å². The van der Waals surface area contributed by atoms with Gasteiger partial charge in [0.2, 0.25) is 0 Å². The molecule has 0 atom stereocenters. The predicted octanol–water partition coefficient (Wildman–Crippen LogP) is 3.74. The number of carbonyl (C=O) groups is 2. The highest BCUT2D eigenvalue weighted by atomic mass is 32.1. The van der Waals surface area contributed by atoms with E-state index in [9.17, 15) is 14.7 Å². The number of fused-ring (bicyclic) bond motifs is 1. The topological polar surface area (TPSA) is 85.8 Å². The van der Waals surface area contributed by atoms with Crippen molar-refractivity contribution in [1.29, 1.82) is 0 Å². The summed E-state index contributed by atoms with van der Waals surface area (Å²) in [5.74, 6) is -1.06. The Bertz CT molecular complexity index is 986. The highest BCUT2D eigenvalue weighted by molar-refractivity contribution is 7.22. The maximum Gasteiger partial charge on any atom is 0.337 e. The number of para-hydroxylation sites is 2. The number of urea groups is 1. The molecular weight excluding hydrogens is 376 g/mol. The van der Waals surface area contributed by atoms with Crippen molar-refractivity contribution in [3.63, 3.8) is 0 Å². The number of aromatic carboxylic acids is 1. The third-order valence-electron chi connectivity index (χ3n) is 4.74. The maximum atomic E-state index is 12.7. The summed E-state index contributed by atoms with van der Waals surface area (Å²) in [6, 6.07) is 14.2. The second-order valence-electron chi connectivity index (χ2n) is 6.57. The fourth-order valence-corrected chi connectivity index (χ4v) is 4.30. The van der Waals surface area contributed by atoms with Crippen LogP contribution in [0.1, 0.15) is 16.8 Å². The number of hydrogen-bond acceptors (Lipinski definition) is 5. The van der Waals surface area contributed by atoms with Gasteiger partial charge in [-0.3, -0.25) is 0 Å². The van der Waals surface area contributed by atoms with Gasteiger partial charge in [-0.05, 0) is 30.7 Å². The molecule has 2 heterocycles. The van der Waals surface area contributed by atoms with Gasteiger partial charge < -0.3 is 20.2 Å². The molecule has 1 aliphatic heterocycles. The van der Waals surface area contributed by atoms with Crippen LogP contribution < -0.4 is 10.2 Å². The van der Waals surface area contributed by atoms with Crippen molar-refractivity contribution in [2.75, 3.05) is 36.4 Å². The highest BCUT2D eigenvalue weighted by Crippen LogP contribution is 2.29. The molecule has 2 amide bonds. The summed E-state index contributed by atoms with van der Waals surface area (Å²) in [5, 5.41) is 13.0. The van der Waals surface area contributed by atoms with E-state index in [1.165, 1.54) is 6.07 Å². The van der Waals surface area contributed by atoms with Crippen LogP contribution in [0.4, 0.5) is 15.6 Å². The first-order valence-electron chi connectivity index (χ1n) is 9.10. The third kappa shape index (κ3) is 3.77. The standard InChI is InChI=1S/C20H20N4O3S/c25-18(26)14-6-1-2-7-15(14)21-19(27)23-10-5-11-24(13-12-23)20-22-16-8-3-4-9-17(16)28-20/h1-4,6-9H,5,10-13H2,(H,21,27)(H,25,26). The van der Waals surface area contributed by atoms with Gasteiger partial charge in [-0.15, -0.1) is 0 Å². The van der Waals surface area contributed by atoms with Crippen LogP contribution >= 0.6 is 11.3 Å². The summed E-state index contributed by atoms with van der Waals surface area (Å²) in [5.41, 5.74) is 1.39. The van der Waals surface area contributed by atoms with Crippen molar-refractivity contribution in [3.8, 4) is 0 Å². The average molecular weight is 396 g/mol. The monoisotopic (exact) mass is 396 g/mol. The summed E-state index contributed by atoms with van der Waals surface area (Å²) in [4.78, 5) is 32.6. The Kier molecular flexibility index (Phi) is 5.12. The molecule has 0 saturated carbocycles. The lowest BCUT2D eigenvalue weighted by molar-refractivity contribution is 0.0698. The molecule has 0 radical (unpaired) electrons. The largest absolute Gasteiger partial charge is 0.478 e. The van der Waals surface area contributed by atoms with Crippen LogP contribution in [-0.2, 0) is 0 Å². The second-order valence-corrected chi connectivity index (χ2v) is 7.58. The summed E-state index contributed by atoms with van der Waals surface area (Å²) < 4.78 is 1.15. The number of rotatable bonds is 3. The molecule has 4 rings (SSSR count). The van der Waals surface area contributed by atoms with Crippen molar-refractivity contribution < 1.29 is 14.7 Å². The molecular formula is C20H20N4O3S. The van der Waals surface area contributed by atoms with Gasteiger partial charge >= 0.3 is 12.0 Å². The number of nitrogens with zero attached hydrogens (tertiary/aromatic N) is 3. The number of benzene rings is 2. The number of carbonyl (C=O) groups excluding carboxylic acids is 1. The van der Waals surface area contributed by atoms with Gasteiger partial charge in [0, 0.05) is 26.2 Å². The van der Waals surface area contributed by atoms with Gasteiger partial charge in [0.05, 0.1) is 21.5 Å². The fourth-order valence-electron chi connectivity index (χ4n) is 3.28. The molecule has 1 fully saturated rings. The Morgan fingerprint density at radius 2 is 1.79 bits per heavy atom.